The van der Waals surface area contributed by atoms with Crippen LogP contribution in [-0.2, 0) is 4.79 Å². The monoisotopic (exact) mass is 278 g/mol. The Morgan fingerprint density at radius 2 is 1.89 bits per heavy atom. The number of rotatable bonds is 3. The van der Waals surface area contributed by atoms with E-state index < -0.39 is 17.8 Å². The van der Waals surface area contributed by atoms with E-state index in [4.69, 9.17) is 17.3 Å². The van der Waals surface area contributed by atoms with Crippen LogP contribution in [0, 0.1) is 5.82 Å². The molecule has 0 aliphatic rings. The average molecular weight is 279 g/mol. The van der Waals surface area contributed by atoms with Crippen molar-refractivity contribution in [3.63, 3.8) is 0 Å². The highest BCUT2D eigenvalue weighted by Crippen LogP contribution is 2.19. The number of carbonyl (C=O) groups excluding carboxylic acids is 1. The van der Waals surface area contributed by atoms with Crippen LogP contribution >= 0.6 is 11.6 Å². The van der Waals surface area contributed by atoms with E-state index in [0.717, 1.165) is 6.07 Å². The summed E-state index contributed by atoms with van der Waals surface area (Å²) in [5.41, 5.74) is 6.79. The van der Waals surface area contributed by atoms with Gasteiger partial charge in [0.15, 0.2) is 0 Å². The zero-order valence-electron chi connectivity index (χ0n) is 9.94. The third-order valence-corrected chi connectivity index (χ3v) is 2.79. The van der Waals surface area contributed by atoms with Crippen LogP contribution in [0.15, 0.2) is 48.5 Å². The molecular formula is C14H12ClFN2O. The van der Waals surface area contributed by atoms with Gasteiger partial charge in [-0.1, -0.05) is 41.9 Å². The average Bonchev–Trinajstić information content (AvgIpc) is 2.37. The second kappa shape index (κ2) is 5.82. The lowest BCUT2D eigenvalue weighted by Crippen LogP contribution is -2.27. The van der Waals surface area contributed by atoms with Gasteiger partial charge in [-0.15, -0.1) is 0 Å². The number of hydrogen-bond donors (Lipinski definition) is 2. The Bertz CT molecular complexity index is 569. The zero-order valence-corrected chi connectivity index (χ0v) is 10.7. The second-order valence-electron chi connectivity index (χ2n) is 4.04. The third kappa shape index (κ3) is 3.53. The number of nitrogens with two attached hydrogens (primary N) is 1. The fraction of sp³-hybridized carbons (Fsp3) is 0.0714. The molecule has 1 atom stereocenters. The number of carbonyl (C=O) groups is 1. The minimum Gasteiger partial charge on any atom is -0.324 e. The summed E-state index contributed by atoms with van der Waals surface area (Å²) in [4.78, 5) is 11.9. The van der Waals surface area contributed by atoms with Gasteiger partial charge in [-0.3, -0.25) is 4.79 Å². The number of benzene rings is 2. The molecule has 0 bridgehead atoms. The Balaban J connectivity index is 2.13. The van der Waals surface area contributed by atoms with E-state index >= 15 is 0 Å². The Morgan fingerprint density at radius 3 is 2.53 bits per heavy atom. The lowest BCUT2D eigenvalue weighted by Gasteiger charge is -2.12. The van der Waals surface area contributed by atoms with Crippen molar-refractivity contribution in [1.29, 1.82) is 0 Å². The quantitative estimate of drug-likeness (QED) is 0.906. The molecule has 0 aliphatic carbocycles. The smallest absolute Gasteiger partial charge is 0.245 e. The summed E-state index contributed by atoms with van der Waals surface area (Å²) in [5, 5.41) is 2.75. The molecule has 0 fully saturated rings. The highest BCUT2D eigenvalue weighted by Gasteiger charge is 2.15. The van der Waals surface area contributed by atoms with Gasteiger partial charge in [0.2, 0.25) is 5.91 Å². The molecule has 1 amide bonds. The standard InChI is InChI=1S/C14H12ClFN2O/c15-10-6-11(16)8-12(7-10)18-14(19)13(17)9-4-2-1-3-5-9/h1-8,13H,17H2,(H,18,19). The van der Waals surface area contributed by atoms with Crippen LogP contribution < -0.4 is 11.1 Å². The van der Waals surface area contributed by atoms with Gasteiger partial charge < -0.3 is 11.1 Å². The van der Waals surface area contributed by atoms with Crippen molar-refractivity contribution in [2.45, 2.75) is 6.04 Å². The van der Waals surface area contributed by atoms with Gasteiger partial charge in [0.1, 0.15) is 11.9 Å². The second-order valence-corrected chi connectivity index (χ2v) is 4.47. The van der Waals surface area contributed by atoms with Crippen molar-refractivity contribution in [2.75, 3.05) is 5.32 Å². The molecule has 0 aromatic heterocycles. The lowest BCUT2D eigenvalue weighted by molar-refractivity contribution is -0.117. The molecule has 19 heavy (non-hydrogen) atoms. The maximum absolute atomic E-state index is 13.1. The topological polar surface area (TPSA) is 55.1 Å². The first-order valence-electron chi connectivity index (χ1n) is 5.64. The van der Waals surface area contributed by atoms with Crippen LogP contribution in [0.1, 0.15) is 11.6 Å². The number of halogens is 2. The van der Waals surface area contributed by atoms with Crippen molar-refractivity contribution >= 4 is 23.2 Å². The summed E-state index contributed by atoms with van der Waals surface area (Å²) in [6.45, 7) is 0. The number of anilines is 1. The van der Waals surface area contributed by atoms with Gasteiger partial charge >= 0.3 is 0 Å². The maximum atomic E-state index is 13.1. The molecule has 2 aromatic carbocycles. The molecule has 3 N–H and O–H groups in total. The van der Waals surface area contributed by atoms with Gasteiger partial charge in [0.25, 0.3) is 0 Å². The van der Waals surface area contributed by atoms with E-state index in [1.165, 1.54) is 12.1 Å². The van der Waals surface area contributed by atoms with E-state index in [9.17, 15) is 9.18 Å². The van der Waals surface area contributed by atoms with Crippen LogP contribution in [-0.4, -0.2) is 5.91 Å². The Hall–Kier alpha value is -1.91. The Kier molecular flexibility index (Phi) is 4.14. The number of hydrogen-bond acceptors (Lipinski definition) is 2. The van der Waals surface area contributed by atoms with E-state index in [2.05, 4.69) is 5.32 Å². The van der Waals surface area contributed by atoms with Crippen molar-refractivity contribution in [3.05, 3.63) is 64.9 Å². The van der Waals surface area contributed by atoms with Crippen LogP contribution in [0.4, 0.5) is 10.1 Å². The summed E-state index contributed by atoms with van der Waals surface area (Å²) in [6.07, 6.45) is 0. The lowest BCUT2D eigenvalue weighted by atomic mass is 10.1. The minimum atomic E-state index is -0.816. The van der Waals surface area contributed by atoms with Gasteiger partial charge in [-0.25, -0.2) is 4.39 Å². The first kappa shape index (κ1) is 13.5. The molecule has 2 rings (SSSR count). The van der Waals surface area contributed by atoms with Crippen molar-refractivity contribution in [1.82, 2.24) is 0 Å². The van der Waals surface area contributed by atoms with Crippen molar-refractivity contribution in [3.8, 4) is 0 Å². The Morgan fingerprint density at radius 1 is 1.21 bits per heavy atom. The molecule has 0 saturated heterocycles. The molecule has 0 radical (unpaired) electrons. The van der Waals surface area contributed by atoms with Crippen LogP contribution in [0.2, 0.25) is 5.02 Å². The first-order chi connectivity index (χ1) is 9.06. The number of amides is 1. The predicted molar refractivity (Wildman–Crippen MR) is 73.4 cm³/mol. The largest absolute Gasteiger partial charge is 0.324 e. The van der Waals surface area contributed by atoms with Crippen molar-refractivity contribution in [2.24, 2.45) is 5.73 Å². The minimum absolute atomic E-state index is 0.212. The van der Waals surface area contributed by atoms with E-state index in [-0.39, 0.29) is 10.7 Å². The van der Waals surface area contributed by atoms with Gasteiger partial charge in [0.05, 0.1) is 0 Å². The van der Waals surface area contributed by atoms with E-state index in [1.54, 1.807) is 24.3 Å². The maximum Gasteiger partial charge on any atom is 0.245 e. The fourth-order valence-electron chi connectivity index (χ4n) is 1.66. The predicted octanol–water partition coefficient (Wildman–Crippen LogP) is 3.12. The summed E-state index contributed by atoms with van der Waals surface area (Å²) in [7, 11) is 0. The highest BCUT2D eigenvalue weighted by molar-refractivity contribution is 6.30. The van der Waals surface area contributed by atoms with E-state index in [0.29, 0.717) is 5.56 Å². The third-order valence-electron chi connectivity index (χ3n) is 2.57. The van der Waals surface area contributed by atoms with Crippen molar-refractivity contribution < 1.29 is 9.18 Å². The highest BCUT2D eigenvalue weighted by atomic mass is 35.5. The molecule has 3 nitrogen and oxygen atoms in total. The molecule has 5 heteroatoms. The molecule has 0 aliphatic heterocycles. The molecule has 2 aromatic rings. The molecule has 1 unspecified atom stereocenters. The number of nitrogens with one attached hydrogen (secondary N) is 1. The SMILES string of the molecule is NC(C(=O)Nc1cc(F)cc(Cl)c1)c1ccccc1. The van der Waals surface area contributed by atoms with Crippen LogP contribution in [0.3, 0.4) is 0 Å². The summed E-state index contributed by atoms with van der Waals surface area (Å²) in [5.74, 6) is -0.941. The molecular weight excluding hydrogens is 267 g/mol. The normalized spacial score (nSPS) is 11.9. The van der Waals surface area contributed by atoms with Gasteiger partial charge in [-0.2, -0.15) is 0 Å². The summed E-state index contributed by atoms with van der Waals surface area (Å²) >= 11 is 5.71. The first-order valence-corrected chi connectivity index (χ1v) is 6.01. The summed E-state index contributed by atoms with van der Waals surface area (Å²) in [6, 6.07) is 11.9. The van der Waals surface area contributed by atoms with Crippen LogP contribution in [0.5, 0.6) is 0 Å². The molecule has 0 saturated carbocycles. The van der Waals surface area contributed by atoms with Crippen LogP contribution in [0.25, 0.3) is 0 Å². The molecule has 0 heterocycles. The summed E-state index contributed by atoms with van der Waals surface area (Å²) < 4.78 is 13.1. The fourth-order valence-corrected chi connectivity index (χ4v) is 1.88. The molecule has 0 spiro atoms. The van der Waals surface area contributed by atoms with Gasteiger partial charge in [-0.05, 0) is 23.8 Å². The molecule has 98 valence electrons. The Labute approximate surface area is 115 Å². The van der Waals surface area contributed by atoms with E-state index in [1.807, 2.05) is 6.07 Å². The van der Waals surface area contributed by atoms with Gasteiger partial charge in [0, 0.05) is 10.7 Å². The zero-order chi connectivity index (χ0) is 13.8.